The molecule has 0 aliphatic rings. The summed E-state index contributed by atoms with van der Waals surface area (Å²) in [7, 11) is 0. The van der Waals surface area contributed by atoms with Crippen LogP contribution < -0.4 is 0 Å². The van der Waals surface area contributed by atoms with Gasteiger partial charge in [0.25, 0.3) is 0 Å². The normalized spacial score (nSPS) is 10.5. The Balaban J connectivity index is 1.81. The van der Waals surface area contributed by atoms with Gasteiger partial charge in [-0.05, 0) is 30.5 Å². The van der Waals surface area contributed by atoms with E-state index >= 15 is 0 Å². The molecule has 1 N–H and O–H groups in total. The maximum atomic E-state index is 3.91. The van der Waals surface area contributed by atoms with Gasteiger partial charge in [-0.1, -0.05) is 33.3 Å². The van der Waals surface area contributed by atoms with Gasteiger partial charge in [0, 0.05) is 10.9 Å². The molecule has 15 heavy (non-hydrogen) atoms. The molecule has 0 aliphatic heterocycles. The lowest BCUT2D eigenvalue weighted by molar-refractivity contribution is 0.773. The lowest BCUT2D eigenvalue weighted by Gasteiger charge is -1.99. The molecule has 4 nitrogen and oxygen atoms in total. The number of benzene rings is 1. The Bertz CT molecular complexity index is 396. The molecule has 78 valence electrons. The number of hydrogen-bond donors (Lipinski definition) is 1. The molecule has 5 heteroatoms. The van der Waals surface area contributed by atoms with Crippen molar-refractivity contribution in [1.29, 1.82) is 0 Å². The summed E-state index contributed by atoms with van der Waals surface area (Å²) in [5, 5.41) is 13.8. The highest BCUT2D eigenvalue weighted by atomic mass is 79.9. The molecule has 0 bridgehead atoms. The number of halogens is 1. The number of aromatic nitrogens is 4. The minimum absolute atomic E-state index is 0.784. The molecule has 0 amide bonds. The number of H-pyrrole nitrogens is 1. The summed E-state index contributed by atoms with van der Waals surface area (Å²) in [5.74, 6) is 0.784. The van der Waals surface area contributed by atoms with Gasteiger partial charge in [-0.25, -0.2) is 0 Å². The number of aromatic amines is 1. The molecule has 0 saturated carbocycles. The first-order chi connectivity index (χ1) is 7.34. The first kappa shape index (κ1) is 10.3. The van der Waals surface area contributed by atoms with Crippen molar-refractivity contribution in [2.75, 3.05) is 0 Å². The maximum Gasteiger partial charge on any atom is 0.174 e. The quantitative estimate of drug-likeness (QED) is 0.923. The fourth-order valence-corrected chi connectivity index (χ4v) is 1.65. The third kappa shape index (κ3) is 3.13. The summed E-state index contributed by atoms with van der Waals surface area (Å²) in [5.41, 5.74) is 1.33. The van der Waals surface area contributed by atoms with Crippen LogP contribution in [0.4, 0.5) is 0 Å². The zero-order chi connectivity index (χ0) is 10.5. The lowest BCUT2D eigenvalue weighted by Crippen LogP contribution is -1.92. The summed E-state index contributed by atoms with van der Waals surface area (Å²) in [4.78, 5) is 0. The van der Waals surface area contributed by atoms with Crippen molar-refractivity contribution in [2.24, 2.45) is 0 Å². The monoisotopic (exact) mass is 266 g/mol. The van der Waals surface area contributed by atoms with Gasteiger partial charge in [-0.15, -0.1) is 10.2 Å². The predicted octanol–water partition coefficient (Wildman–Crippen LogP) is 2.14. The second-order valence-corrected chi connectivity index (χ2v) is 4.22. The van der Waals surface area contributed by atoms with Crippen LogP contribution in [0.3, 0.4) is 0 Å². The Morgan fingerprint density at radius 1 is 1.13 bits per heavy atom. The van der Waals surface area contributed by atoms with Gasteiger partial charge in [0.05, 0.1) is 0 Å². The van der Waals surface area contributed by atoms with Crippen molar-refractivity contribution in [2.45, 2.75) is 19.3 Å². The molecule has 1 aromatic heterocycles. The molecular weight excluding hydrogens is 256 g/mol. The van der Waals surface area contributed by atoms with Crippen LogP contribution >= 0.6 is 15.9 Å². The number of hydrogen-bond acceptors (Lipinski definition) is 3. The summed E-state index contributed by atoms with van der Waals surface area (Å²) in [6.45, 7) is 0. The minimum Gasteiger partial charge on any atom is -0.177 e. The van der Waals surface area contributed by atoms with E-state index in [1.807, 2.05) is 0 Å². The third-order valence-electron chi connectivity index (χ3n) is 2.17. The van der Waals surface area contributed by atoms with E-state index in [1.165, 1.54) is 5.56 Å². The van der Waals surface area contributed by atoms with E-state index < -0.39 is 0 Å². The topological polar surface area (TPSA) is 54.5 Å². The SMILES string of the molecule is Brc1ccc(CCCc2nn[nH]n2)cc1. The van der Waals surface area contributed by atoms with Gasteiger partial charge in [0.2, 0.25) is 0 Å². The van der Waals surface area contributed by atoms with Crippen molar-refractivity contribution >= 4 is 15.9 Å². The van der Waals surface area contributed by atoms with Gasteiger partial charge in [0.15, 0.2) is 5.82 Å². The van der Waals surface area contributed by atoms with Gasteiger partial charge >= 0.3 is 0 Å². The van der Waals surface area contributed by atoms with Crippen LogP contribution in [0, 0.1) is 0 Å². The van der Waals surface area contributed by atoms with E-state index in [0.717, 1.165) is 29.6 Å². The Morgan fingerprint density at radius 2 is 1.93 bits per heavy atom. The van der Waals surface area contributed by atoms with Gasteiger partial charge in [0.1, 0.15) is 0 Å². The molecule has 0 saturated heterocycles. The van der Waals surface area contributed by atoms with Gasteiger partial charge in [-0.2, -0.15) is 5.21 Å². The van der Waals surface area contributed by atoms with Crippen molar-refractivity contribution in [3.63, 3.8) is 0 Å². The van der Waals surface area contributed by atoms with E-state index in [4.69, 9.17) is 0 Å². The number of tetrazole rings is 1. The summed E-state index contributed by atoms with van der Waals surface area (Å²) < 4.78 is 1.12. The van der Waals surface area contributed by atoms with Crippen LogP contribution in [-0.4, -0.2) is 20.6 Å². The van der Waals surface area contributed by atoms with E-state index in [9.17, 15) is 0 Å². The van der Waals surface area contributed by atoms with Crippen molar-refractivity contribution in [3.8, 4) is 0 Å². The summed E-state index contributed by atoms with van der Waals surface area (Å²) in [6, 6.07) is 8.37. The first-order valence-electron chi connectivity index (χ1n) is 4.81. The van der Waals surface area contributed by atoms with Gasteiger partial charge < -0.3 is 0 Å². The number of aryl methyl sites for hydroxylation is 2. The van der Waals surface area contributed by atoms with E-state index in [1.54, 1.807) is 0 Å². The fraction of sp³-hybridized carbons (Fsp3) is 0.300. The molecular formula is C10H11BrN4. The molecule has 0 unspecified atom stereocenters. The van der Waals surface area contributed by atoms with Crippen LogP contribution in [0.1, 0.15) is 17.8 Å². The number of rotatable bonds is 4. The van der Waals surface area contributed by atoms with Crippen LogP contribution in [-0.2, 0) is 12.8 Å². The Kier molecular flexibility index (Phi) is 3.45. The molecule has 2 rings (SSSR count). The highest BCUT2D eigenvalue weighted by Crippen LogP contribution is 2.12. The zero-order valence-electron chi connectivity index (χ0n) is 8.15. The smallest absolute Gasteiger partial charge is 0.174 e. The van der Waals surface area contributed by atoms with Crippen molar-refractivity contribution < 1.29 is 0 Å². The summed E-state index contributed by atoms with van der Waals surface area (Å²) >= 11 is 3.41. The highest BCUT2D eigenvalue weighted by Gasteiger charge is 1.98. The van der Waals surface area contributed by atoms with Crippen LogP contribution in [0.5, 0.6) is 0 Å². The molecule has 1 heterocycles. The lowest BCUT2D eigenvalue weighted by atomic mass is 10.1. The predicted molar refractivity (Wildman–Crippen MR) is 60.3 cm³/mol. The largest absolute Gasteiger partial charge is 0.177 e. The minimum atomic E-state index is 0.784. The molecule has 1 aromatic carbocycles. The first-order valence-corrected chi connectivity index (χ1v) is 5.60. The molecule has 0 fully saturated rings. The van der Waals surface area contributed by atoms with Crippen LogP contribution in [0.2, 0.25) is 0 Å². The van der Waals surface area contributed by atoms with Crippen LogP contribution in [0.15, 0.2) is 28.7 Å². The average molecular weight is 267 g/mol. The standard InChI is InChI=1S/C10H11BrN4/c11-9-6-4-8(5-7-9)2-1-3-10-12-14-15-13-10/h4-7H,1-3H2,(H,12,13,14,15). The molecule has 0 aliphatic carbocycles. The number of nitrogens with one attached hydrogen (secondary N) is 1. The van der Waals surface area contributed by atoms with E-state index in [2.05, 4.69) is 60.8 Å². The van der Waals surface area contributed by atoms with E-state index in [-0.39, 0.29) is 0 Å². The Morgan fingerprint density at radius 3 is 2.60 bits per heavy atom. The van der Waals surface area contributed by atoms with Crippen molar-refractivity contribution in [3.05, 3.63) is 40.1 Å². The average Bonchev–Trinajstić information content (AvgIpc) is 2.74. The van der Waals surface area contributed by atoms with Crippen LogP contribution in [0.25, 0.3) is 0 Å². The van der Waals surface area contributed by atoms with Crippen molar-refractivity contribution in [1.82, 2.24) is 20.6 Å². The summed E-state index contributed by atoms with van der Waals surface area (Å²) in [6.07, 6.45) is 2.95. The molecule has 0 atom stereocenters. The zero-order valence-corrected chi connectivity index (χ0v) is 9.74. The molecule has 2 aromatic rings. The maximum absolute atomic E-state index is 3.91. The highest BCUT2D eigenvalue weighted by molar-refractivity contribution is 9.10. The number of nitrogens with zero attached hydrogens (tertiary/aromatic N) is 3. The molecule has 0 radical (unpaired) electrons. The molecule has 0 spiro atoms. The Hall–Kier alpha value is -1.23. The van der Waals surface area contributed by atoms with E-state index in [0.29, 0.717) is 0 Å². The second-order valence-electron chi connectivity index (χ2n) is 3.31. The fourth-order valence-electron chi connectivity index (χ4n) is 1.39. The van der Waals surface area contributed by atoms with Gasteiger partial charge in [-0.3, -0.25) is 0 Å². The second kappa shape index (κ2) is 5.02. The Labute approximate surface area is 96.2 Å². The third-order valence-corrected chi connectivity index (χ3v) is 2.70.